The number of aromatic nitrogens is 3. The number of anilines is 2. The van der Waals surface area contributed by atoms with Crippen LogP contribution in [0.3, 0.4) is 0 Å². The Morgan fingerprint density at radius 2 is 1.91 bits per heavy atom. The third-order valence-electron chi connectivity index (χ3n) is 6.17. The van der Waals surface area contributed by atoms with E-state index < -0.39 is 11.7 Å². The van der Waals surface area contributed by atoms with Gasteiger partial charge in [-0.15, -0.1) is 0 Å². The second-order valence-corrected chi connectivity index (χ2v) is 8.36. The van der Waals surface area contributed by atoms with Crippen molar-refractivity contribution in [1.82, 2.24) is 14.8 Å². The number of fused-ring (bicyclic) bond motifs is 1. The van der Waals surface area contributed by atoms with E-state index in [1.807, 2.05) is 19.1 Å². The van der Waals surface area contributed by atoms with Crippen molar-refractivity contribution in [2.45, 2.75) is 32.5 Å². The number of carbonyl (C=O) groups excluding carboxylic acids is 1. The third kappa shape index (κ3) is 3.32. The summed E-state index contributed by atoms with van der Waals surface area (Å²) in [5.74, 6) is 0.581. The molecule has 1 aromatic carbocycles. The van der Waals surface area contributed by atoms with Crippen molar-refractivity contribution in [3.8, 4) is 11.1 Å². The highest BCUT2D eigenvalue weighted by atomic mass is 19.4. The molecule has 2 aliphatic heterocycles. The fourth-order valence-corrected chi connectivity index (χ4v) is 4.33. The Morgan fingerprint density at radius 3 is 2.56 bits per heavy atom. The molecule has 6 nitrogen and oxygen atoms in total. The molecule has 166 valence electrons. The monoisotopic (exact) mass is 441 g/mol. The van der Waals surface area contributed by atoms with Crippen molar-refractivity contribution in [3.05, 3.63) is 59.5 Å². The zero-order valence-electron chi connectivity index (χ0n) is 17.7. The summed E-state index contributed by atoms with van der Waals surface area (Å²) < 4.78 is 41.2. The van der Waals surface area contributed by atoms with Gasteiger partial charge >= 0.3 is 6.18 Å². The highest BCUT2D eigenvalue weighted by Crippen LogP contribution is 2.37. The Morgan fingerprint density at radius 1 is 1.12 bits per heavy atom. The summed E-state index contributed by atoms with van der Waals surface area (Å²) >= 11 is 0. The largest absolute Gasteiger partial charge is 0.416 e. The molecule has 2 aliphatic rings. The van der Waals surface area contributed by atoms with Gasteiger partial charge in [-0.1, -0.05) is 0 Å². The minimum Gasteiger partial charge on any atom is -0.356 e. The van der Waals surface area contributed by atoms with Gasteiger partial charge in [0.2, 0.25) is 0 Å². The molecule has 0 unspecified atom stereocenters. The van der Waals surface area contributed by atoms with Crippen LogP contribution in [0.4, 0.5) is 24.7 Å². The topological polar surface area (TPSA) is 54.3 Å². The van der Waals surface area contributed by atoms with E-state index in [-0.39, 0.29) is 17.5 Å². The molecule has 0 spiro atoms. The molecule has 2 aromatic heterocycles. The minimum atomic E-state index is -4.43. The van der Waals surface area contributed by atoms with Crippen LogP contribution in [0.15, 0.2) is 42.7 Å². The van der Waals surface area contributed by atoms with Gasteiger partial charge in [0.25, 0.3) is 5.91 Å². The van der Waals surface area contributed by atoms with Crippen molar-refractivity contribution in [2.24, 2.45) is 0 Å². The van der Waals surface area contributed by atoms with E-state index in [2.05, 4.69) is 15.0 Å². The number of alkyl halides is 3. The zero-order chi connectivity index (χ0) is 22.6. The van der Waals surface area contributed by atoms with Crippen LogP contribution in [0.25, 0.3) is 11.1 Å². The van der Waals surface area contributed by atoms with E-state index in [1.54, 1.807) is 17.1 Å². The Hall–Kier alpha value is -3.36. The number of nitrogens with zero attached hydrogens (tertiary/aromatic N) is 5. The molecule has 0 N–H and O–H groups in total. The average molecular weight is 441 g/mol. The highest BCUT2D eigenvalue weighted by molar-refractivity contribution is 6.10. The summed E-state index contributed by atoms with van der Waals surface area (Å²) in [6.45, 7) is 5.59. The number of amides is 1. The number of carbonyl (C=O) groups is 1. The fraction of sp³-hybridized carbons (Fsp3) is 0.348. The molecular weight excluding hydrogens is 419 g/mol. The quantitative estimate of drug-likeness (QED) is 0.591. The molecule has 1 fully saturated rings. The SMILES string of the molecule is Cc1cc(N2C[C@H](C)n3ncc(-c4ccnc(N5CCC5)c4)c3C2=O)ccc1C(F)(F)F. The van der Waals surface area contributed by atoms with Crippen molar-refractivity contribution in [3.63, 3.8) is 0 Å². The normalized spacial score (nSPS) is 18.5. The lowest BCUT2D eigenvalue weighted by molar-refractivity contribution is -0.138. The molecule has 32 heavy (non-hydrogen) atoms. The Labute approximate surface area is 183 Å². The maximum absolute atomic E-state index is 13.5. The zero-order valence-corrected chi connectivity index (χ0v) is 17.7. The van der Waals surface area contributed by atoms with Crippen LogP contribution in [-0.4, -0.2) is 40.3 Å². The molecule has 9 heteroatoms. The van der Waals surface area contributed by atoms with E-state index in [4.69, 9.17) is 0 Å². The number of hydrogen-bond acceptors (Lipinski definition) is 4. The number of benzene rings is 1. The van der Waals surface area contributed by atoms with Gasteiger partial charge in [-0.3, -0.25) is 9.48 Å². The predicted octanol–water partition coefficient (Wildman–Crippen LogP) is 4.70. The van der Waals surface area contributed by atoms with Crippen molar-refractivity contribution in [2.75, 3.05) is 29.4 Å². The molecule has 5 rings (SSSR count). The van der Waals surface area contributed by atoms with Gasteiger partial charge in [-0.2, -0.15) is 18.3 Å². The average Bonchev–Trinajstić information content (AvgIpc) is 3.15. The van der Waals surface area contributed by atoms with Crippen LogP contribution in [-0.2, 0) is 6.18 Å². The minimum absolute atomic E-state index is 0.0862. The van der Waals surface area contributed by atoms with Crippen LogP contribution in [0.5, 0.6) is 0 Å². The molecule has 3 aromatic rings. The Bertz CT molecular complexity index is 1200. The van der Waals surface area contributed by atoms with Crippen LogP contribution in [0.2, 0.25) is 0 Å². The molecule has 0 radical (unpaired) electrons. The van der Waals surface area contributed by atoms with Crippen molar-refractivity contribution < 1.29 is 18.0 Å². The molecule has 0 bridgehead atoms. The van der Waals surface area contributed by atoms with Gasteiger partial charge in [-0.05, 0) is 61.7 Å². The smallest absolute Gasteiger partial charge is 0.356 e. The molecule has 0 saturated carbocycles. The standard InChI is InChI=1S/C23H22F3N5O/c1-14-10-17(4-5-19(14)23(24,25)26)30-13-15(2)31-21(22(30)32)18(12-28-31)16-6-7-27-20(11-16)29-8-3-9-29/h4-7,10-12,15H,3,8-9,13H2,1-2H3/t15-/m0/s1. The number of rotatable bonds is 3. The summed E-state index contributed by atoms with van der Waals surface area (Å²) in [4.78, 5) is 21.6. The lowest BCUT2D eigenvalue weighted by Gasteiger charge is -2.33. The number of hydrogen-bond donors (Lipinski definition) is 0. The molecule has 1 saturated heterocycles. The summed E-state index contributed by atoms with van der Waals surface area (Å²) in [6, 6.07) is 7.50. The molecule has 1 atom stereocenters. The summed E-state index contributed by atoms with van der Waals surface area (Å²) in [6.07, 6.45) is 0.108. The van der Waals surface area contributed by atoms with Gasteiger partial charge < -0.3 is 9.80 Å². The predicted molar refractivity (Wildman–Crippen MR) is 115 cm³/mol. The first-order valence-electron chi connectivity index (χ1n) is 10.5. The van der Waals surface area contributed by atoms with Gasteiger partial charge in [-0.25, -0.2) is 4.98 Å². The van der Waals surface area contributed by atoms with Gasteiger partial charge in [0.05, 0.1) is 17.8 Å². The second-order valence-electron chi connectivity index (χ2n) is 8.36. The summed E-state index contributed by atoms with van der Waals surface area (Å²) in [5.41, 5.74) is 1.81. The molecule has 0 aliphatic carbocycles. The maximum atomic E-state index is 13.5. The lowest BCUT2D eigenvalue weighted by Crippen LogP contribution is -2.43. The number of aryl methyl sites for hydroxylation is 1. The Kier molecular flexibility index (Phi) is 4.72. The van der Waals surface area contributed by atoms with Crippen LogP contribution < -0.4 is 9.80 Å². The molecule has 4 heterocycles. The second kappa shape index (κ2) is 7.36. The van der Waals surface area contributed by atoms with Crippen molar-refractivity contribution in [1.29, 1.82) is 0 Å². The number of halogens is 3. The Balaban J connectivity index is 1.53. The number of pyridine rings is 1. The first-order chi connectivity index (χ1) is 15.2. The van der Waals surface area contributed by atoms with Gasteiger partial charge in [0, 0.05) is 37.1 Å². The van der Waals surface area contributed by atoms with Crippen LogP contribution in [0, 0.1) is 6.92 Å². The van der Waals surface area contributed by atoms with Crippen LogP contribution in [0.1, 0.15) is 41.0 Å². The fourth-order valence-electron chi connectivity index (χ4n) is 4.33. The van der Waals surface area contributed by atoms with E-state index in [0.29, 0.717) is 23.5 Å². The van der Waals surface area contributed by atoms with E-state index in [9.17, 15) is 18.0 Å². The first-order valence-corrected chi connectivity index (χ1v) is 10.5. The molecular formula is C23H22F3N5O. The highest BCUT2D eigenvalue weighted by Gasteiger charge is 2.36. The summed E-state index contributed by atoms with van der Waals surface area (Å²) in [5, 5.41) is 4.45. The third-order valence-corrected chi connectivity index (χ3v) is 6.17. The van der Waals surface area contributed by atoms with E-state index in [0.717, 1.165) is 37.0 Å². The summed E-state index contributed by atoms with van der Waals surface area (Å²) in [7, 11) is 0. The van der Waals surface area contributed by atoms with E-state index in [1.165, 1.54) is 24.0 Å². The van der Waals surface area contributed by atoms with Crippen molar-refractivity contribution >= 4 is 17.4 Å². The van der Waals surface area contributed by atoms with Gasteiger partial charge in [0.1, 0.15) is 11.5 Å². The van der Waals surface area contributed by atoms with Gasteiger partial charge in [0.15, 0.2) is 0 Å². The van der Waals surface area contributed by atoms with E-state index >= 15 is 0 Å². The van der Waals surface area contributed by atoms with Crippen LogP contribution >= 0.6 is 0 Å². The maximum Gasteiger partial charge on any atom is 0.416 e. The molecule has 1 amide bonds. The lowest BCUT2D eigenvalue weighted by atomic mass is 10.0. The first kappa shape index (κ1) is 20.5.